The number of aryl methyl sites for hydroxylation is 1. The molecule has 0 spiro atoms. The topological polar surface area (TPSA) is 54.9 Å². The standard InChI is InChI=1S/C14H17N3OS/c1-10-12-4-2-3-5-13(12)14(17-16-10)15-11-6-8-19(18)9-7-11/h2-5,11H,6-9H2,1H3,(H,15,17). The number of hydrogen-bond donors (Lipinski definition) is 1. The van der Waals surface area contributed by atoms with Gasteiger partial charge in [-0.2, -0.15) is 5.10 Å². The summed E-state index contributed by atoms with van der Waals surface area (Å²) in [5, 5.41) is 14.2. The first-order chi connectivity index (χ1) is 9.24. The van der Waals surface area contributed by atoms with Gasteiger partial charge < -0.3 is 5.32 Å². The Balaban J connectivity index is 1.89. The van der Waals surface area contributed by atoms with Gasteiger partial charge in [-0.3, -0.25) is 4.21 Å². The second-order valence-electron chi connectivity index (χ2n) is 4.95. The molecule has 0 aliphatic carbocycles. The molecule has 1 fully saturated rings. The lowest BCUT2D eigenvalue weighted by Crippen LogP contribution is -2.29. The number of fused-ring (bicyclic) bond motifs is 1. The number of benzene rings is 1. The Morgan fingerprint density at radius 3 is 2.58 bits per heavy atom. The molecular formula is C14H17N3OS. The molecule has 3 rings (SSSR count). The van der Waals surface area contributed by atoms with E-state index in [2.05, 4.69) is 27.6 Å². The summed E-state index contributed by atoms with van der Waals surface area (Å²) in [6.07, 6.45) is 1.88. The third-order valence-corrected chi connectivity index (χ3v) is 4.98. The normalized spacial score (nSPS) is 23.4. The van der Waals surface area contributed by atoms with E-state index in [-0.39, 0.29) is 0 Å². The first kappa shape index (κ1) is 12.5. The summed E-state index contributed by atoms with van der Waals surface area (Å²) in [5.41, 5.74) is 0.950. The van der Waals surface area contributed by atoms with Gasteiger partial charge in [0.2, 0.25) is 0 Å². The highest BCUT2D eigenvalue weighted by Crippen LogP contribution is 2.24. The van der Waals surface area contributed by atoms with Gasteiger partial charge in [0.1, 0.15) is 0 Å². The molecule has 1 saturated heterocycles. The van der Waals surface area contributed by atoms with Crippen molar-refractivity contribution in [3.8, 4) is 0 Å². The van der Waals surface area contributed by atoms with Gasteiger partial charge in [-0.05, 0) is 19.8 Å². The summed E-state index contributed by atoms with van der Waals surface area (Å²) in [7, 11) is -0.626. The van der Waals surface area contributed by atoms with Gasteiger partial charge in [-0.15, -0.1) is 5.10 Å². The van der Waals surface area contributed by atoms with Gasteiger partial charge >= 0.3 is 0 Å². The average Bonchev–Trinajstić information content (AvgIpc) is 2.45. The summed E-state index contributed by atoms with van der Waals surface area (Å²) >= 11 is 0. The van der Waals surface area contributed by atoms with Gasteiger partial charge in [-0.25, -0.2) is 0 Å². The Bertz CT molecular complexity index is 619. The zero-order valence-electron chi connectivity index (χ0n) is 10.9. The predicted molar refractivity (Wildman–Crippen MR) is 78.8 cm³/mol. The van der Waals surface area contributed by atoms with Crippen LogP contribution in [-0.4, -0.2) is 32.0 Å². The van der Waals surface area contributed by atoms with E-state index >= 15 is 0 Å². The molecule has 1 aliphatic rings. The maximum atomic E-state index is 11.4. The molecule has 100 valence electrons. The Morgan fingerprint density at radius 1 is 1.16 bits per heavy atom. The fraction of sp³-hybridized carbons (Fsp3) is 0.429. The highest BCUT2D eigenvalue weighted by molar-refractivity contribution is 7.85. The van der Waals surface area contributed by atoms with Gasteiger partial charge in [0.05, 0.1) is 5.69 Å². The largest absolute Gasteiger partial charge is 0.365 e. The molecule has 1 aliphatic heterocycles. The Labute approximate surface area is 115 Å². The summed E-state index contributed by atoms with van der Waals surface area (Å²) < 4.78 is 11.4. The third kappa shape index (κ3) is 2.61. The molecule has 2 heterocycles. The van der Waals surface area contributed by atoms with Crippen LogP contribution in [0, 0.1) is 6.92 Å². The van der Waals surface area contributed by atoms with E-state index in [0.717, 1.165) is 46.6 Å². The number of rotatable bonds is 2. The average molecular weight is 275 g/mol. The van der Waals surface area contributed by atoms with Crippen LogP contribution in [-0.2, 0) is 10.8 Å². The van der Waals surface area contributed by atoms with Crippen molar-refractivity contribution in [2.75, 3.05) is 16.8 Å². The number of anilines is 1. The van der Waals surface area contributed by atoms with Crippen molar-refractivity contribution in [2.45, 2.75) is 25.8 Å². The fourth-order valence-electron chi connectivity index (χ4n) is 2.48. The van der Waals surface area contributed by atoms with Gasteiger partial charge in [-0.1, -0.05) is 24.3 Å². The molecule has 0 unspecified atom stereocenters. The van der Waals surface area contributed by atoms with Crippen molar-refractivity contribution in [1.29, 1.82) is 0 Å². The first-order valence-electron chi connectivity index (χ1n) is 6.57. The van der Waals surface area contributed by atoms with E-state index in [1.54, 1.807) is 0 Å². The minimum Gasteiger partial charge on any atom is -0.365 e. The second kappa shape index (κ2) is 5.25. The van der Waals surface area contributed by atoms with Crippen molar-refractivity contribution in [3.63, 3.8) is 0 Å². The van der Waals surface area contributed by atoms with E-state index in [9.17, 15) is 4.21 Å². The van der Waals surface area contributed by atoms with Gasteiger partial charge in [0.25, 0.3) is 0 Å². The Hall–Kier alpha value is -1.49. The van der Waals surface area contributed by atoms with Crippen LogP contribution in [0.15, 0.2) is 24.3 Å². The van der Waals surface area contributed by atoms with Gasteiger partial charge in [0.15, 0.2) is 5.82 Å². The molecule has 4 nitrogen and oxygen atoms in total. The minimum atomic E-state index is -0.626. The highest BCUT2D eigenvalue weighted by atomic mass is 32.2. The van der Waals surface area contributed by atoms with Crippen LogP contribution in [0.25, 0.3) is 10.8 Å². The summed E-state index contributed by atoms with van der Waals surface area (Å²) in [5.74, 6) is 2.42. The van der Waals surface area contributed by atoms with Crippen LogP contribution in [0.3, 0.4) is 0 Å². The van der Waals surface area contributed by atoms with Crippen LogP contribution in [0.1, 0.15) is 18.5 Å². The zero-order valence-corrected chi connectivity index (χ0v) is 11.7. The number of hydrogen-bond acceptors (Lipinski definition) is 4. The van der Waals surface area contributed by atoms with Crippen LogP contribution in [0.4, 0.5) is 5.82 Å². The molecule has 1 aromatic carbocycles. The third-order valence-electron chi connectivity index (χ3n) is 3.60. The van der Waals surface area contributed by atoms with E-state index in [1.807, 2.05) is 19.1 Å². The van der Waals surface area contributed by atoms with E-state index < -0.39 is 10.8 Å². The molecule has 0 atom stereocenters. The molecule has 0 radical (unpaired) electrons. The van der Waals surface area contributed by atoms with Gasteiger partial charge in [0, 0.05) is 39.1 Å². The minimum absolute atomic E-state index is 0.359. The van der Waals surface area contributed by atoms with Crippen molar-refractivity contribution < 1.29 is 4.21 Å². The van der Waals surface area contributed by atoms with Crippen LogP contribution in [0.5, 0.6) is 0 Å². The Kier molecular flexibility index (Phi) is 3.46. The quantitative estimate of drug-likeness (QED) is 0.913. The van der Waals surface area contributed by atoms with Crippen LogP contribution < -0.4 is 5.32 Å². The SMILES string of the molecule is Cc1nnc(NC2CCS(=O)CC2)c2ccccc12. The van der Waals surface area contributed by atoms with E-state index in [1.165, 1.54) is 0 Å². The maximum absolute atomic E-state index is 11.4. The fourth-order valence-corrected chi connectivity index (χ4v) is 3.77. The smallest absolute Gasteiger partial charge is 0.156 e. The maximum Gasteiger partial charge on any atom is 0.156 e. The lowest BCUT2D eigenvalue weighted by molar-refractivity contribution is 0.622. The van der Waals surface area contributed by atoms with Crippen molar-refractivity contribution in [3.05, 3.63) is 30.0 Å². The number of nitrogens with one attached hydrogen (secondary N) is 1. The van der Waals surface area contributed by atoms with Crippen LogP contribution in [0.2, 0.25) is 0 Å². The van der Waals surface area contributed by atoms with Crippen LogP contribution >= 0.6 is 0 Å². The Morgan fingerprint density at radius 2 is 1.84 bits per heavy atom. The molecule has 0 saturated carbocycles. The van der Waals surface area contributed by atoms with Crippen molar-refractivity contribution in [2.24, 2.45) is 0 Å². The second-order valence-corrected chi connectivity index (χ2v) is 6.64. The van der Waals surface area contributed by atoms with E-state index in [0.29, 0.717) is 6.04 Å². The molecular weight excluding hydrogens is 258 g/mol. The van der Waals surface area contributed by atoms with Crippen molar-refractivity contribution in [1.82, 2.24) is 10.2 Å². The van der Waals surface area contributed by atoms with Crippen molar-refractivity contribution >= 4 is 27.4 Å². The number of aromatic nitrogens is 2. The predicted octanol–water partition coefficient (Wildman–Crippen LogP) is 2.26. The monoisotopic (exact) mass is 275 g/mol. The summed E-state index contributed by atoms with van der Waals surface area (Å²) in [4.78, 5) is 0. The molecule has 0 bridgehead atoms. The number of nitrogens with zero attached hydrogens (tertiary/aromatic N) is 2. The summed E-state index contributed by atoms with van der Waals surface area (Å²) in [6, 6.07) is 8.54. The molecule has 5 heteroatoms. The zero-order chi connectivity index (χ0) is 13.2. The molecule has 0 amide bonds. The molecule has 2 aromatic rings. The summed E-state index contributed by atoms with van der Waals surface area (Å²) in [6.45, 7) is 1.98. The molecule has 1 aromatic heterocycles. The molecule has 19 heavy (non-hydrogen) atoms. The lowest BCUT2D eigenvalue weighted by atomic mass is 10.1. The first-order valence-corrected chi connectivity index (χ1v) is 8.06. The lowest BCUT2D eigenvalue weighted by Gasteiger charge is -2.23. The van der Waals surface area contributed by atoms with E-state index in [4.69, 9.17) is 0 Å². The molecule has 1 N–H and O–H groups in total. The highest BCUT2D eigenvalue weighted by Gasteiger charge is 2.19.